The van der Waals surface area contributed by atoms with Crippen LogP contribution in [0.5, 0.6) is 0 Å². The number of carbonyl (C=O) groups is 1. The lowest BCUT2D eigenvalue weighted by Gasteiger charge is -1.97. The maximum Gasteiger partial charge on any atom is 0.233 e. The molecule has 1 amide bonds. The number of hydrogen-bond acceptors (Lipinski definition) is 3. The van der Waals surface area contributed by atoms with Gasteiger partial charge >= 0.3 is 0 Å². The maximum absolute atomic E-state index is 10.6. The third-order valence-corrected chi connectivity index (χ3v) is 1.39. The Morgan fingerprint density at radius 1 is 1.50 bits per heavy atom. The number of nitrogens with one attached hydrogen (secondary N) is 1. The molecule has 6 nitrogen and oxygen atoms in total. The van der Waals surface area contributed by atoms with Crippen molar-refractivity contribution in [3.63, 3.8) is 0 Å². The predicted octanol–water partition coefficient (Wildman–Crippen LogP) is 0.847. The van der Waals surface area contributed by atoms with Crippen molar-refractivity contribution in [2.75, 3.05) is 6.54 Å². The molecule has 0 rings (SSSR count). The lowest BCUT2D eigenvalue weighted by molar-refractivity contribution is -0.121. The number of hydrogen-bond donors (Lipinski definition) is 2. The van der Waals surface area contributed by atoms with Crippen LogP contribution >= 0.6 is 0 Å². The molecule has 0 aliphatic rings. The van der Waals surface area contributed by atoms with Crippen molar-refractivity contribution in [3.8, 4) is 0 Å². The molecule has 12 heavy (non-hydrogen) atoms. The highest BCUT2D eigenvalue weighted by atomic mass is 16.2. The molecule has 0 aliphatic heterocycles. The molecule has 3 N–H and O–H groups in total. The van der Waals surface area contributed by atoms with Gasteiger partial charge in [0, 0.05) is 17.9 Å². The van der Waals surface area contributed by atoms with Gasteiger partial charge in [-0.2, -0.15) is 0 Å². The van der Waals surface area contributed by atoms with Crippen molar-refractivity contribution >= 4 is 5.91 Å². The lowest BCUT2D eigenvalue weighted by Crippen LogP contribution is -2.29. The number of rotatable bonds is 6. The largest absolute Gasteiger partial charge is 0.294 e. The quantitative estimate of drug-likeness (QED) is 0.118. The third-order valence-electron chi connectivity index (χ3n) is 1.39. The first kappa shape index (κ1) is 10.7. The topological polar surface area (TPSA) is 104 Å². The zero-order chi connectivity index (χ0) is 9.23. The van der Waals surface area contributed by atoms with Crippen molar-refractivity contribution < 1.29 is 4.79 Å². The molecule has 6 heteroatoms. The molecule has 0 bridgehead atoms. The average molecular weight is 171 g/mol. The van der Waals surface area contributed by atoms with Crippen LogP contribution in [0.25, 0.3) is 10.4 Å². The molecule has 68 valence electrons. The van der Waals surface area contributed by atoms with E-state index in [1.807, 2.05) is 5.43 Å². The van der Waals surface area contributed by atoms with E-state index in [2.05, 4.69) is 10.0 Å². The summed E-state index contributed by atoms with van der Waals surface area (Å²) in [5, 5.41) is 3.36. The molecule has 0 atom stereocenters. The second-order valence-corrected chi connectivity index (χ2v) is 2.33. The Bertz CT molecular complexity index is 175. The van der Waals surface area contributed by atoms with Gasteiger partial charge in [-0.15, -0.1) is 0 Å². The number of hydrazine groups is 1. The fourth-order valence-corrected chi connectivity index (χ4v) is 0.762. The molecule has 0 aromatic carbocycles. The van der Waals surface area contributed by atoms with Gasteiger partial charge in [0.1, 0.15) is 0 Å². The van der Waals surface area contributed by atoms with Crippen LogP contribution in [-0.2, 0) is 4.79 Å². The average Bonchev–Trinajstić information content (AvgIpc) is 2.10. The van der Waals surface area contributed by atoms with Crippen molar-refractivity contribution in [1.29, 1.82) is 0 Å². The molecule has 0 heterocycles. The second kappa shape index (κ2) is 7.84. The summed E-state index contributed by atoms with van der Waals surface area (Å²) in [5.74, 6) is 4.71. The van der Waals surface area contributed by atoms with Gasteiger partial charge in [0.25, 0.3) is 0 Å². The molecule has 0 spiro atoms. The third kappa shape index (κ3) is 6.85. The van der Waals surface area contributed by atoms with Crippen LogP contribution in [0.15, 0.2) is 5.11 Å². The highest BCUT2D eigenvalue weighted by Gasteiger charge is 1.96. The first-order chi connectivity index (χ1) is 5.81. The van der Waals surface area contributed by atoms with E-state index in [0.29, 0.717) is 13.0 Å². The van der Waals surface area contributed by atoms with E-state index in [9.17, 15) is 4.79 Å². The summed E-state index contributed by atoms with van der Waals surface area (Å²) in [4.78, 5) is 13.2. The van der Waals surface area contributed by atoms with Crippen LogP contribution < -0.4 is 11.3 Å². The molecule has 0 unspecified atom stereocenters. The molecule has 0 saturated heterocycles. The number of azide groups is 1. The van der Waals surface area contributed by atoms with Crippen molar-refractivity contribution in [3.05, 3.63) is 10.4 Å². The van der Waals surface area contributed by atoms with E-state index in [1.165, 1.54) is 0 Å². The summed E-state index contributed by atoms with van der Waals surface area (Å²) < 4.78 is 0. The van der Waals surface area contributed by atoms with Crippen LogP contribution in [0, 0.1) is 0 Å². The number of nitrogens with two attached hydrogens (primary N) is 1. The molecule has 0 aromatic heterocycles. The van der Waals surface area contributed by atoms with Gasteiger partial charge in [0.05, 0.1) is 0 Å². The van der Waals surface area contributed by atoms with E-state index < -0.39 is 0 Å². The summed E-state index contributed by atoms with van der Waals surface area (Å²) in [6.45, 7) is 0.501. The highest BCUT2D eigenvalue weighted by molar-refractivity contribution is 5.74. The fourth-order valence-electron chi connectivity index (χ4n) is 0.762. The van der Waals surface area contributed by atoms with Gasteiger partial charge in [-0.05, 0) is 18.4 Å². The molecule has 0 aliphatic carbocycles. The molecular weight excluding hydrogens is 158 g/mol. The van der Waals surface area contributed by atoms with E-state index in [1.54, 1.807) is 0 Å². The van der Waals surface area contributed by atoms with Gasteiger partial charge < -0.3 is 0 Å². The predicted molar refractivity (Wildman–Crippen MR) is 44.8 cm³/mol. The summed E-state index contributed by atoms with van der Waals surface area (Å²) >= 11 is 0. The molecule has 0 radical (unpaired) electrons. The highest BCUT2D eigenvalue weighted by Crippen LogP contribution is 1.99. The first-order valence-electron chi connectivity index (χ1n) is 3.81. The first-order valence-corrected chi connectivity index (χ1v) is 3.81. The number of unbranched alkanes of at least 4 members (excludes halogenated alkanes) is 2. The smallest absolute Gasteiger partial charge is 0.233 e. The fraction of sp³-hybridized carbons (Fsp3) is 0.833. The Morgan fingerprint density at radius 2 is 2.25 bits per heavy atom. The molecule has 0 fully saturated rings. The van der Waals surface area contributed by atoms with Crippen LogP contribution in [0.3, 0.4) is 0 Å². The Hall–Kier alpha value is -1.26. The Labute approximate surface area is 70.7 Å². The summed E-state index contributed by atoms with van der Waals surface area (Å²) in [7, 11) is 0. The number of carbonyl (C=O) groups excluding carboxylic acids is 1. The van der Waals surface area contributed by atoms with Gasteiger partial charge in [0.15, 0.2) is 0 Å². The minimum atomic E-state index is -0.154. The van der Waals surface area contributed by atoms with Crippen LogP contribution in [0.1, 0.15) is 25.7 Å². The maximum atomic E-state index is 10.6. The summed E-state index contributed by atoms with van der Waals surface area (Å²) in [6, 6.07) is 0. The van der Waals surface area contributed by atoms with Gasteiger partial charge in [-0.25, -0.2) is 5.84 Å². The normalized spacial score (nSPS) is 8.75. The van der Waals surface area contributed by atoms with Gasteiger partial charge in [-0.1, -0.05) is 11.5 Å². The summed E-state index contributed by atoms with van der Waals surface area (Å²) in [5.41, 5.74) is 9.97. The van der Waals surface area contributed by atoms with Gasteiger partial charge in [0.2, 0.25) is 5.91 Å². The van der Waals surface area contributed by atoms with Crippen LogP contribution in [-0.4, -0.2) is 12.5 Å². The zero-order valence-corrected chi connectivity index (χ0v) is 6.86. The molecular formula is C6H13N5O. The minimum Gasteiger partial charge on any atom is -0.294 e. The van der Waals surface area contributed by atoms with E-state index >= 15 is 0 Å². The molecule has 0 saturated carbocycles. The van der Waals surface area contributed by atoms with Gasteiger partial charge in [-0.3, -0.25) is 10.2 Å². The van der Waals surface area contributed by atoms with Crippen LogP contribution in [0.2, 0.25) is 0 Å². The van der Waals surface area contributed by atoms with Crippen molar-refractivity contribution in [2.24, 2.45) is 11.0 Å². The van der Waals surface area contributed by atoms with Crippen LogP contribution in [0.4, 0.5) is 0 Å². The van der Waals surface area contributed by atoms with E-state index in [4.69, 9.17) is 11.4 Å². The number of amides is 1. The van der Waals surface area contributed by atoms with E-state index in [0.717, 1.165) is 19.3 Å². The number of nitrogens with zero attached hydrogens (tertiary/aromatic N) is 3. The second-order valence-electron chi connectivity index (χ2n) is 2.33. The van der Waals surface area contributed by atoms with Crippen molar-refractivity contribution in [1.82, 2.24) is 5.43 Å². The SMILES string of the molecule is [N-]=[N+]=NCCCCCC(=O)NN. The molecule has 0 aromatic rings. The lowest BCUT2D eigenvalue weighted by atomic mass is 10.2. The Morgan fingerprint density at radius 3 is 2.83 bits per heavy atom. The monoisotopic (exact) mass is 171 g/mol. The standard InChI is InChI=1S/C6H13N5O/c7-10-6(12)4-2-1-3-5-9-11-8/h1-5,7H2,(H,10,12). The Kier molecular flexibility index (Phi) is 7.02. The zero-order valence-electron chi connectivity index (χ0n) is 6.86. The minimum absolute atomic E-state index is 0.154. The Balaban J connectivity index is 3.10. The van der Waals surface area contributed by atoms with Crippen molar-refractivity contribution in [2.45, 2.75) is 25.7 Å². The van der Waals surface area contributed by atoms with E-state index in [-0.39, 0.29) is 5.91 Å². The summed E-state index contributed by atoms with van der Waals surface area (Å²) in [6.07, 6.45) is 2.92.